The molecule has 1 nitrogen and oxygen atoms in total. The van der Waals surface area contributed by atoms with Crippen LogP contribution in [0.5, 0.6) is 0 Å². The fourth-order valence-corrected chi connectivity index (χ4v) is 2.24. The molecule has 0 aliphatic heterocycles. The number of allylic oxidation sites excluding steroid dienone is 3. The Kier molecular flexibility index (Phi) is 12.4. The molecular weight excluding hydrogens is 256 g/mol. The maximum atomic E-state index is 9.80. The van der Waals surface area contributed by atoms with E-state index in [0.29, 0.717) is 6.42 Å². The minimum Gasteiger partial charge on any atom is -0.386 e. The van der Waals surface area contributed by atoms with Gasteiger partial charge < -0.3 is 5.11 Å². The van der Waals surface area contributed by atoms with Crippen LogP contribution in [-0.4, -0.2) is 10.7 Å². The molecule has 0 aromatic carbocycles. The topological polar surface area (TPSA) is 20.2 Å². The van der Waals surface area contributed by atoms with Crippen molar-refractivity contribution in [3.63, 3.8) is 0 Å². The molecule has 0 radical (unpaired) electrons. The van der Waals surface area contributed by atoms with Crippen LogP contribution in [0, 0.1) is 0 Å². The standard InChI is InChI=1S/C20H36O/c1-5-7-8-9-10-11-12-13-14-16-19(3)17-15-18-20(4,21)6-2/h6,15-17,21H,2,5,7-14,18H2,1,3-4H3/b17-15+,19-16+/t20-/m0/s1. The van der Waals surface area contributed by atoms with Gasteiger partial charge in [-0.05, 0) is 33.1 Å². The lowest BCUT2D eigenvalue weighted by Gasteiger charge is -2.15. The Balaban J connectivity index is 3.60. The minimum absolute atomic E-state index is 0.624. The predicted molar refractivity (Wildman–Crippen MR) is 95.6 cm³/mol. The van der Waals surface area contributed by atoms with Crippen molar-refractivity contribution in [2.75, 3.05) is 0 Å². The maximum Gasteiger partial charge on any atom is 0.0831 e. The largest absolute Gasteiger partial charge is 0.386 e. The maximum absolute atomic E-state index is 9.80. The van der Waals surface area contributed by atoms with E-state index >= 15 is 0 Å². The third kappa shape index (κ3) is 13.9. The quantitative estimate of drug-likeness (QED) is 0.238. The van der Waals surface area contributed by atoms with Crippen molar-refractivity contribution >= 4 is 0 Å². The lowest BCUT2D eigenvalue weighted by Crippen LogP contribution is -2.18. The van der Waals surface area contributed by atoms with E-state index in [2.05, 4.69) is 32.6 Å². The van der Waals surface area contributed by atoms with Crippen molar-refractivity contribution in [2.24, 2.45) is 0 Å². The second kappa shape index (κ2) is 12.9. The first-order chi connectivity index (χ1) is 10.0. The second-order valence-corrected chi connectivity index (χ2v) is 6.38. The fourth-order valence-electron chi connectivity index (χ4n) is 2.24. The average molecular weight is 293 g/mol. The van der Waals surface area contributed by atoms with Gasteiger partial charge >= 0.3 is 0 Å². The van der Waals surface area contributed by atoms with Crippen LogP contribution in [0.25, 0.3) is 0 Å². The van der Waals surface area contributed by atoms with Crippen LogP contribution in [0.2, 0.25) is 0 Å². The minimum atomic E-state index is -0.783. The van der Waals surface area contributed by atoms with E-state index in [1.807, 2.05) is 6.08 Å². The Morgan fingerprint density at radius 3 is 2.19 bits per heavy atom. The molecule has 0 aliphatic carbocycles. The number of hydrogen-bond donors (Lipinski definition) is 1. The molecule has 1 N–H and O–H groups in total. The molecule has 0 unspecified atom stereocenters. The molecule has 0 aromatic heterocycles. The third-order valence-electron chi connectivity index (χ3n) is 3.88. The Labute approximate surface area is 132 Å². The third-order valence-corrected chi connectivity index (χ3v) is 3.88. The fraction of sp³-hybridized carbons (Fsp3) is 0.700. The molecule has 0 saturated heterocycles. The number of unbranched alkanes of at least 4 members (excludes halogenated alkanes) is 8. The zero-order chi connectivity index (χ0) is 16.0. The van der Waals surface area contributed by atoms with E-state index in [0.717, 1.165) is 0 Å². The molecule has 0 heterocycles. The molecule has 0 saturated carbocycles. The Bertz CT molecular complexity index is 310. The summed E-state index contributed by atoms with van der Waals surface area (Å²) in [5, 5.41) is 9.80. The van der Waals surface area contributed by atoms with Gasteiger partial charge in [-0.1, -0.05) is 81.7 Å². The molecule has 0 aliphatic rings. The van der Waals surface area contributed by atoms with Gasteiger partial charge in [0.1, 0.15) is 0 Å². The molecule has 21 heavy (non-hydrogen) atoms. The van der Waals surface area contributed by atoms with Crippen molar-refractivity contribution < 1.29 is 5.11 Å². The lowest BCUT2D eigenvalue weighted by atomic mass is 10.0. The summed E-state index contributed by atoms with van der Waals surface area (Å²) in [7, 11) is 0. The first kappa shape index (κ1) is 20.2. The van der Waals surface area contributed by atoms with Gasteiger partial charge in [-0.2, -0.15) is 0 Å². The summed E-state index contributed by atoms with van der Waals surface area (Å²) in [4.78, 5) is 0. The van der Waals surface area contributed by atoms with Crippen LogP contribution >= 0.6 is 0 Å². The van der Waals surface area contributed by atoms with Gasteiger partial charge in [0.25, 0.3) is 0 Å². The second-order valence-electron chi connectivity index (χ2n) is 6.38. The van der Waals surface area contributed by atoms with Crippen LogP contribution < -0.4 is 0 Å². The molecule has 0 rings (SSSR count). The Morgan fingerprint density at radius 2 is 1.62 bits per heavy atom. The summed E-state index contributed by atoms with van der Waals surface area (Å²) < 4.78 is 0. The molecule has 1 atom stereocenters. The Hall–Kier alpha value is -0.820. The van der Waals surface area contributed by atoms with Crippen LogP contribution in [0.15, 0.2) is 36.5 Å². The smallest absolute Gasteiger partial charge is 0.0831 e. The van der Waals surface area contributed by atoms with E-state index in [1.54, 1.807) is 13.0 Å². The van der Waals surface area contributed by atoms with Crippen molar-refractivity contribution in [3.8, 4) is 0 Å². The number of rotatable bonds is 13. The summed E-state index contributed by atoms with van der Waals surface area (Å²) in [6.45, 7) is 9.81. The molecule has 0 spiro atoms. The summed E-state index contributed by atoms with van der Waals surface area (Å²) in [5.41, 5.74) is 0.506. The van der Waals surface area contributed by atoms with Crippen molar-refractivity contribution in [2.45, 2.75) is 90.6 Å². The predicted octanol–water partition coefficient (Wildman–Crippen LogP) is 6.35. The highest BCUT2D eigenvalue weighted by atomic mass is 16.3. The van der Waals surface area contributed by atoms with E-state index in [1.165, 1.54) is 63.4 Å². The highest BCUT2D eigenvalue weighted by molar-refractivity contribution is 5.16. The zero-order valence-electron chi connectivity index (χ0n) is 14.5. The van der Waals surface area contributed by atoms with Crippen LogP contribution in [-0.2, 0) is 0 Å². The van der Waals surface area contributed by atoms with E-state index in [4.69, 9.17) is 0 Å². The summed E-state index contributed by atoms with van der Waals surface area (Å²) in [6.07, 6.45) is 20.8. The lowest BCUT2D eigenvalue weighted by molar-refractivity contribution is 0.115. The van der Waals surface area contributed by atoms with Gasteiger partial charge in [-0.25, -0.2) is 0 Å². The van der Waals surface area contributed by atoms with Crippen LogP contribution in [0.3, 0.4) is 0 Å². The van der Waals surface area contributed by atoms with E-state index in [-0.39, 0.29) is 0 Å². The molecule has 0 fully saturated rings. The molecule has 0 bridgehead atoms. The van der Waals surface area contributed by atoms with E-state index < -0.39 is 5.60 Å². The molecule has 0 aromatic rings. The molecule has 122 valence electrons. The van der Waals surface area contributed by atoms with Crippen LogP contribution in [0.1, 0.15) is 85.0 Å². The van der Waals surface area contributed by atoms with Crippen molar-refractivity contribution in [3.05, 3.63) is 36.5 Å². The summed E-state index contributed by atoms with van der Waals surface area (Å²) >= 11 is 0. The SMILES string of the molecule is C=C[C@](C)(O)C/C=C/C(C)=C/CCCCCCCCCC. The number of aliphatic hydroxyl groups is 1. The molecular formula is C20H36O. The highest BCUT2D eigenvalue weighted by Crippen LogP contribution is 2.13. The van der Waals surface area contributed by atoms with Gasteiger partial charge in [-0.3, -0.25) is 0 Å². The monoisotopic (exact) mass is 292 g/mol. The summed E-state index contributed by atoms with van der Waals surface area (Å²) in [6, 6.07) is 0. The zero-order valence-corrected chi connectivity index (χ0v) is 14.5. The molecule has 0 amide bonds. The first-order valence-corrected chi connectivity index (χ1v) is 8.71. The van der Waals surface area contributed by atoms with Gasteiger partial charge in [-0.15, -0.1) is 6.58 Å². The van der Waals surface area contributed by atoms with E-state index in [9.17, 15) is 5.11 Å². The van der Waals surface area contributed by atoms with Gasteiger partial charge in [0, 0.05) is 0 Å². The number of hydrogen-bond acceptors (Lipinski definition) is 1. The van der Waals surface area contributed by atoms with Crippen molar-refractivity contribution in [1.29, 1.82) is 0 Å². The first-order valence-electron chi connectivity index (χ1n) is 8.71. The van der Waals surface area contributed by atoms with Gasteiger partial charge in [0.05, 0.1) is 5.60 Å². The average Bonchev–Trinajstić information content (AvgIpc) is 2.45. The Morgan fingerprint density at radius 1 is 1.05 bits per heavy atom. The van der Waals surface area contributed by atoms with Crippen molar-refractivity contribution in [1.82, 2.24) is 0 Å². The summed E-state index contributed by atoms with van der Waals surface area (Å²) in [5.74, 6) is 0. The van der Waals surface area contributed by atoms with Gasteiger partial charge in [0.15, 0.2) is 0 Å². The normalized spacial score (nSPS) is 15.3. The van der Waals surface area contributed by atoms with Gasteiger partial charge in [0.2, 0.25) is 0 Å². The molecule has 1 heteroatoms. The van der Waals surface area contributed by atoms with Crippen LogP contribution in [0.4, 0.5) is 0 Å². The highest BCUT2D eigenvalue weighted by Gasteiger charge is 2.11.